The first-order valence-corrected chi connectivity index (χ1v) is 10.2. The highest BCUT2D eigenvalue weighted by Crippen LogP contribution is 2.18. The highest BCUT2D eigenvalue weighted by atomic mass is 32.2. The van der Waals surface area contributed by atoms with E-state index >= 15 is 0 Å². The van der Waals surface area contributed by atoms with Crippen molar-refractivity contribution in [2.45, 2.75) is 11.8 Å². The molecule has 0 fully saturated rings. The molecule has 7 nitrogen and oxygen atoms in total. The lowest BCUT2D eigenvalue weighted by atomic mass is 10.2. The Balaban J connectivity index is 1.69. The fraction of sp³-hybridized carbons (Fsp3) is 0.0476. The molecular formula is C21H16N3O4S. The third-order valence-corrected chi connectivity index (χ3v) is 5.78. The third kappa shape index (κ3) is 3.57. The summed E-state index contributed by atoms with van der Waals surface area (Å²) in [6.45, 7) is 1.86. The zero-order chi connectivity index (χ0) is 20.6. The minimum atomic E-state index is -3.86. The Labute approximate surface area is 166 Å². The van der Waals surface area contributed by atoms with Crippen molar-refractivity contribution in [2.24, 2.45) is 0 Å². The van der Waals surface area contributed by atoms with Crippen LogP contribution >= 0.6 is 0 Å². The molecule has 0 atom stereocenters. The molecule has 0 spiro atoms. The van der Waals surface area contributed by atoms with Crippen molar-refractivity contribution < 1.29 is 8.42 Å². The molecule has 4 aromatic rings. The molecule has 0 unspecified atom stereocenters. The summed E-state index contributed by atoms with van der Waals surface area (Å²) in [4.78, 5) is 27.8. The van der Waals surface area contributed by atoms with Crippen LogP contribution in [0.25, 0.3) is 16.6 Å². The van der Waals surface area contributed by atoms with Gasteiger partial charge in [-0.15, -0.1) is 0 Å². The van der Waals surface area contributed by atoms with Gasteiger partial charge in [-0.2, -0.15) is 13.1 Å². The number of benzene rings is 3. The van der Waals surface area contributed by atoms with E-state index in [1.165, 1.54) is 36.4 Å². The fourth-order valence-electron chi connectivity index (χ4n) is 2.96. The number of H-pyrrole nitrogens is 1. The van der Waals surface area contributed by atoms with Gasteiger partial charge >= 0.3 is 5.69 Å². The standard InChI is InChI=1S/C21H16N3O4S/c1-14-6-12-17(13-7-14)29(27,28)23-15-8-10-16(11-9-15)24-20(25)18-4-2-3-5-19(18)22-21(24)26/h2-13H,1H3,(H,22,26). The van der Waals surface area contributed by atoms with Crippen LogP contribution in [0, 0.1) is 6.92 Å². The van der Waals surface area contributed by atoms with E-state index in [-0.39, 0.29) is 10.6 Å². The van der Waals surface area contributed by atoms with Crippen LogP contribution in [0.3, 0.4) is 0 Å². The maximum absolute atomic E-state index is 12.7. The maximum Gasteiger partial charge on any atom is 0.333 e. The first-order chi connectivity index (χ1) is 13.8. The van der Waals surface area contributed by atoms with Gasteiger partial charge in [-0.05, 0) is 55.5 Å². The summed E-state index contributed by atoms with van der Waals surface area (Å²) < 4.78 is 29.7. The topological polar surface area (TPSA) is 103 Å². The second kappa shape index (κ2) is 7.06. The number of aryl methyl sites for hydroxylation is 1. The van der Waals surface area contributed by atoms with E-state index in [2.05, 4.69) is 9.71 Å². The van der Waals surface area contributed by atoms with Crippen molar-refractivity contribution in [3.63, 3.8) is 0 Å². The van der Waals surface area contributed by atoms with E-state index < -0.39 is 21.3 Å². The van der Waals surface area contributed by atoms with Gasteiger partial charge in [0.25, 0.3) is 15.6 Å². The minimum Gasteiger partial charge on any atom is -0.306 e. The van der Waals surface area contributed by atoms with Crippen LogP contribution < -0.4 is 16.0 Å². The zero-order valence-electron chi connectivity index (χ0n) is 15.4. The summed E-state index contributed by atoms with van der Waals surface area (Å²) in [7, 11) is -3.86. The van der Waals surface area contributed by atoms with Crippen molar-refractivity contribution in [1.82, 2.24) is 14.3 Å². The number of aromatic amines is 1. The Morgan fingerprint density at radius 2 is 1.52 bits per heavy atom. The Morgan fingerprint density at radius 3 is 2.21 bits per heavy atom. The van der Waals surface area contributed by atoms with Gasteiger partial charge in [0, 0.05) is 0 Å². The molecule has 0 saturated heterocycles. The molecule has 145 valence electrons. The van der Waals surface area contributed by atoms with Crippen molar-refractivity contribution >= 4 is 26.6 Å². The van der Waals surface area contributed by atoms with Gasteiger partial charge in [-0.25, -0.2) is 9.36 Å². The van der Waals surface area contributed by atoms with E-state index in [1.807, 2.05) is 6.92 Å². The molecule has 0 aliphatic rings. The summed E-state index contributed by atoms with van der Waals surface area (Å²) in [6, 6.07) is 19.0. The lowest BCUT2D eigenvalue weighted by Gasteiger charge is -2.08. The van der Waals surface area contributed by atoms with Gasteiger partial charge in [0.15, 0.2) is 0 Å². The molecule has 3 aromatic carbocycles. The molecule has 0 saturated carbocycles. The van der Waals surface area contributed by atoms with Crippen LogP contribution in [0.4, 0.5) is 5.69 Å². The average molecular weight is 406 g/mol. The van der Waals surface area contributed by atoms with Crippen LogP contribution in [0.1, 0.15) is 5.56 Å². The van der Waals surface area contributed by atoms with E-state index in [1.54, 1.807) is 36.4 Å². The molecule has 0 bridgehead atoms. The van der Waals surface area contributed by atoms with Crippen molar-refractivity contribution in [2.75, 3.05) is 0 Å². The number of nitrogens with zero attached hydrogens (tertiary/aromatic N) is 2. The molecule has 0 aliphatic carbocycles. The SMILES string of the molecule is Cc1ccc(S(=O)(=O)[N]c2ccc(-n3c(=O)[nH]c4ccccc4c3=O)cc2)cc1. The second-order valence-electron chi connectivity index (χ2n) is 6.51. The number of aromatic nitrogens is 2. The second-order valence-corrected chi connectivity index (χ2v) is 8.12. The van der Waals surface area contributed by atoms with Crippen LogP contribution in [0.5, 0.6) is 0 Å². The lowest BCUT2D eigenvalue weighted by Crippen LogP contribution is -2.33. The molecule has 8 heteroatoms. The Morgan fingerprint density at radius 1 is 0.862 bits per heavy atom. The number of nitrogens with one attached hydrogen (secondary N) is 1. The zero-order valence-corrected chi connectivity index (χ0v) is 16.2. The first-order valence-electron chi connectivity index (χ1n) is 8.74. The molecule has 0 aliphatic heterocycles. The Hall–Kier alpha value is -3.65. The summed E-state index contributed by atoms with van der Waals surface area (Å²) in [5, 5.41) is 0.378. The lowest BCUT2D eigenvalue weighted by molar-refractivity contribution is 0.590. The van der Waals surface area contributed by atoms with Crippen molar-refractivity contribution in [3.8, 4) is 5.69 Å². The number of hydrogen-bond donors (Lipinski definition) is 1. The van der Waals surface area contributed by atoms with Crippen molar-refractivity contribution in [3.05, 3.63) is 99.2 Å². The summed E-state index contributed by atoms with van der Waals surface area (Å²) >= 11 is 0. The molecule has 4 rings (SSSR count). The molecule has 0 amide bonds. The van der Waals surface area contributed by atoms with E-state index in [0.29, 0.717) is 16.6 Å². The first kappa shape index (κ1) is 18.7. The van der Waals surface area contributed by atoms with Gasteiger partial charge in [0.1, 0.15) is 0 Å². The van der Waals surface area contributed by atoms with Crippen LogP contribution in [-0.4, -0.2) is 18.0 Å². The Bertz CT molecular complexity index is 1420. The molecule has 1 aromatic heterocycles. The molecule has 29 heavy (non-hydrogen) atoms. The fourth-order valence-corrected chi connectivity index (χ4v) is 3.95. The smallest absolute Gasteiger partial charge is 0.306 e. The number of hydrogen-bond acceptors (Lipinski definition) is 4. The summed E-state index contributed by atoms with van der Waals surface area (Å²) in [6.07, 6.45) is 0. The summed E-state index contributed by atoms with van der Waals surface area (Å²) in [5.74, 6) is 0. The van der Waals surface area contributed by atoms with Gasteiger partial charge in [0.05, 0.1) is 27.2 Å². The highest BCUT2D eigenvalue weighted by Gasteiger charge is 2.16. The van der Waals surface area contributed by atoms with E-state index in [0.717, 1.165) is 10.1 Å². The van der Waals surface area contributed by atoms with Gasteiger partial charge in [-0.1, -0.05) is 29.8 Å². The quantitative estimate of drug-likeness (QED) is 0.563. The van der Waals surface area contributed by atoms with E-state index in [4.69, 9.17) is 0 Å². The Kier molecular flexibility index (Phi) is 4.56. The minimum absolute atomic E-state index is 0.0920. The third-order valence-electron chi connectivity index (χ3n) is 4.46. The molecule has 1 heterocycles. The van der Waals surface area contributed by atoms with Gasteiger partial charge < -0.3 is 4.98 Å². The van der Waals surface area contributed by atoms with Crippen LogP contribution in [-0.2, 0) is 10.0 Å². The van der Waals surface area contributed by atoms with E-state index in [9.17, 15) is 18.0 Å². The monoisotopic (exact) mass is 406 g/mol. The molecule has 1 radical (unpaired) electrons. The number of fused-ring (bicyclic) bond motifs is 1. The number of rotatable bonds is 4. The largest absolute Gasteiger partial charge is 0.333 e. The van der Waals surface area contributed by atoms with Crippen LogP contribution in [0.15, 0.2) is 87.3 Å². The van der Waals surface area contributed by atoms with Gasteiger partial charge in [0.2, 0.25) is 0 Å². The van der Waals surface area contributed by atoms with Crippen LogP contribution in [0.2, 0.25) is 0 Å². The molecule has 1 N–H and O–H groups in total. The number of sulfonamides is 1. The summed E-state index contributed by atoms with van der Waals surface area (Å²) in [5.41, 5.74) is 0.870. The van der Waals surface area contributed by atoms with Gasteiger partial charge in [-0.3, -0.25) is 4.79 Å². The average Bonchev–Trinajstić information content (AvgIpc) is 2.69. The van der Waals surface area contributed by atoms with Crippen molar-refractivity contribution in [1.29, 1.82) is 0 Å². The predicted octanol–water partition coefficient (Wildman–Crippen LogP) is 2.61. The normalized spacial score (nSPS) is 11.5. The number of para-hydroxylation sites is 1. The maximum atomic E-state index is 12.7. The predicted molar refractivity (Wildman–Crippen MR) is 110 cm³/mol. The highest BCUT2D eigenvalue weighted by molar-refractivity contribution is 7.89. The molecular weight excluding hydrogens is 390 g/mol.